The lowest BCUT2D eigenvalue weighted by Crippen LogP contribution is -1.91. The van der Waals surface area contributed by atoms with Gasteiger partial charge in [-0.25, -0.2) is 4.98 Å². The smallest absolute Gasteiger partial charge is 0.292 e. The maximum Gasteiger partial charge on any atom is 0.292 e. The van der Waals surface area contributed by atoms with Crippen molar-refractivity contribution in [1.82, 2.24) is 4.98 Å². The molecule has 0 saturated heterocycles. The zero-order valence-electron chi connectivity index (χ0n) is 11.5. The molecule has 1 aromatic heterocycles. The Kier molecular flexibility index (Phi) is 3.28. The Bertz CT molecular complexity index is 806. The molecule has 0 radical (unpaired) electrons. The summed E-state index contributed by atoms with van der Waals surface area (Å²) in [4.78, 5) is 15.4. The maximum absolute atomic E-state index is 11.5. The van der Waals surface area contributed by atoms with Crippen molar-refractivity contribution in [3.8, 4) is 22.5 Å². The maximum atomic E-state index is 11.5. The third kappa shape index (κ3) is 2.69. The van der Waals surface area contributed by atoms with Gasteiger partial charge in [0.25, 0.3) is 6.01 Å². The summed E-state index contributed by atoms with van der Waals surface area (Å²) < 4.78 is 5.33. The number of nitrogens with two attached hydrogens (primary N) is 1. The monoisotopic (exact) mass is 278 g/mol. The van der Waals surface area contributed by atoms with Gasteiger partial charge in [0.1, 0.15) is 0 Å². The topological polar surface area (TPSA) is 69.1 Å². The molecule has 0 amide bonds. The van der Waals surface area contributed by atoms with Gasteiger partial charge in [0, 0.05) is 11.1 Å². The minimum atomic E-state index is 0.0519. The van der Waals surface area contributed by atoms with E-state index in [4.69, 9.17) is 10.2 Å². The van der Waals surface area contributed by atoms with Crippen molar-refractivity contribution < 1.29 is 9.21 Å². The summed E-state index contributed by atoms with van der Waals surface area (Å²) >= 11 is 0. The first kappa shape index (κ1) is 13.1. The molecule has 0 atom stereocenters. The van der Waals surface area contributed by atoms with Crippen molar-refractivity contribution in [3.05, 3.63) is 60.3 Å². The van der Waals surface area contributed by atoms with Crippen LogP contribution in [0.4, 0.5) is 6.01 Å². The SMILES string of the molecule is CC(=O)c1cccc(-c2cccc(-c3cnc(N)o3)c2)c1. The first-order chi connectivity index (χ1) is 10.1. The fraction of sp³-hybridized carbons (Fsp3) is 0.0588. The number of nitrogen functional groups attached to an aromatic ring is 1. The number of hydrogen-bond acceptors (Lipinski definition) is 4. The molecular formula is C17H14N2O2. The fourth-order valence-electron chi connectivity index (χ4n) is 2.19. The lowest BCUT2D eigenvalue weighted by Gasteiger charge is -2.05. The predicted octanol–water partition coefficient (Wildman–Crippen LogP) is 3.79. The molecule has 0 bridgehead atoms. The summed E-state index contributed by atoms with van der Waals surface area (Å²) in [5.41, 5.74) is 9.08. The van der Waals surface area contributed by atoms with Crippen LogP contribution >= 0.6 is 0 Å². The molecule has 0 aliphatic heterocycles. The molecule has 21 heavy (non-hydrogen) atoms. The van der Waals surface area contributed by atoms with Crippen LogP contribution in [0.15, 0.2) is 59.1 Å². The molecule has 3 rings (SSSR count). The van der Waals surface area contributed by atoms with E-state index in [0.29, 0.717) is 11.3 Å². The van der Waals surface area contributed by atoms with Gasteiger partial charge in [-0.15, -0.1) is 0 Å². The average Bonchev–Trinajstić information content (AvgIpc) is 2.94. The van der Waals surface area contributed by atoms with Crippen LogP contribution in [0.5, 0.6) is 0 Å². The van der Waals surface area contributed by atoms with E-state index in [2.05, 4.69) is 4.98 Å². The zero-order chi connectivity index (χ0) is 14.8. The lowest BCUT2D eigenvalue weighted by atomic mass is 9.99. The Morgan fingerprint density at radius 1 is 1.05 bits per heavy atom. The van der Waals surface area contributed by atoms with Gasteiger partial charge in [-0.1, -0.05) is 36.4 Å². The number of benzene rings is 2. The molecule has 1 heterocycles. The van der Waals surface area contributed by atoms with Gasteiger partial charge >= 0.3 is 0 Å². The highest BCUT2D eigenvalue weighted by atomic mass is 16.4. The van der Waals surface area contributed by atoms with Crippen molar-refractivity contribution >= 4 is 11.8 Å². The summed E-state index contributed by atoms with van der Waals surface area (Å²) in [6, 6.07) is 15.5. The number of nitrogens with zero attached hydrogens (tertiary/aromatic N) is 1. The second-order valence-corrected chi connectivity index (χ2v) is 4.78. The minimum Gasteiger partial charge on any atom is -0.424 e. The zero-order valence-corrected chi connectivity index (χ0v) is 11.5. The van der Waals surface area contributed by atoms with E-state index in [9.17, 15) is 4.79 Å². The third-order valence-electron chi connectivity index (χ3n) is 3.27. The Morgan fingerprint density at radius 2 is 1.71 bits per heavy atom. The molecule has 3 aromatic rings. The summed E-state index contributed by atoms with van der Waals surface area (Å²) in [6.07, 6.45) is 1.60. The van der Waals surface area contributed by atoms with Gasteiger partial charge in [0.2, 0.25) is 0 Å². The van der Waals surface area contributed by atoms with Crippen LogP contribution < -0.4 is 5.73 Å². The highest BCUT2D eigenvalue weighted by molar-refractivity contribution is 5.95. The van der Waals surface area contributed by atoms with Gasteiger partial charge in [-0.05, 0) is 30.2 Å². The fourth-order valence-corrected chi connectivity index (χ4v) is 2.19. The van der Waals surface area contributed by atoms with Crippen LogP contribution in [-0.4, -0.2) is 10.8 Å². The van der Waals surface area contributed by atoms with Crippen LogP contribution in [0, 0.1) is 0 Å². The van der Waals surface area contributed by atoms with Gasteiger partial charge in [-0.3, -0.25) is 4.79 Å². The predicted molar refractivity (Wildman–Crippen MR) is 81.8 cm³/mol. The van der Waals surface area contributed by atoms with Crippen molar-refractivity contribution in [1.29, 1.82) is 0 Å². The van der Waals surface area contributed by atoms with Crippen LogP contribution in [0.25, 0.3) is 22.5 Å². The normalized spacial score (nSPS) is 10.5. The summed E-state index contributed by atoms with van der Waals surface area (Å²) in [5.74, 6) is 0.674. The number of hydrogen-bond donors (Lipinski definition) is 1. The van der Waals surface area contributed by atoms with Crippen molar-refractivity contribution in [2.75, 3.05) is 5.73 Å². The number of anilines is 1. The lowest BCUT2D eigenvalue weighted by molar-refractivity contribution is 0.101. The molecule has 2 N–H and O–H groups in total. The van der Waals surface area contributed by atoms with E-state index < -0.39 is 0 Å². The second-order valence-electron chi connectivity index (χ2n) is 4.78. The largest absolute Gasteiger partial charge is 0.424 e. The van der Waals surface area contributed by atoms with E-state index >= 15 is 0 Å². The number of carbonyl (C=O) groups excluding carboxylic acids is 1. The van der Waals surface area contributed by atoms with Crippen LogP contribution in [0.2, 0.25) is 0 Å². The van der Waals surface area contributed by atoms with Crippen LogP contribution in [0.1, 0.15) is 17.3 Å². The van der Waals surface area contributed by atoms with Crippen molar-refractivity contribution in [2.24, 2.45) is 0 Å². The van der Waals surface area contributed by atoms with Gasteiger partial charge < -0.3 is 10.2 Å². The number of carbonyl (C=O) groups is 1. The molecule has 0 saturated carbocycles. The standard InChI is InChI=1S/C17H14N2O2/c1-11(20)12-4-2-5-13(8-12)14-6-3-7-15(9-14)16-10-19-17(18)21-16/h2-10H,1H3,(H2,18,19). The summed E-state index contributed by atoms with van der Waals surface area (Å²) in [6.45, 7) is 1.56. The number of rotatable bonds is 3. The molecule has 0 unspecified atom stereocenters. The molecule has 0 spiro atoms. The molecule has 4 nitrogen and oxygen atoms in total. The first-order valence-corrected chi connectivity index (χ1v) is 6.56. The van der Waals surface area contributed by atoms with Gasteiger partial charge in [-0.2, -0.15) is 0 Å². The third-order valence-corrected chi connectivity index (χ3v) is 3.27. The van der Waals surface area contributed by atoms with E-state index in [1.165, 1.54) is 0 Å². The molecule has 0 aliphatic rings. The first-order valence-electron chi connectivity index (χ1n) is 6.56. The molecule has 4 heteroatoms. The molecule has 0 aliphatic carbocycles. The summed E-state index contributed by atoms with van der Waals surface area (Å²) in [5, 5.41) is 0. The van der Waals surface area contributed by atoms with Gasteiger partial charge in [0.05, 0.1) is 6.20 Å². The molecule has 0 fully saturated rings. The Morgan fingerprint density at radius 3 is 2.38 bits per heavy atom. The highest BCUT2D eigenvalue weighted by Crippen LogP contribution is 2.27. The Labute approximate surface area is 122 Å². The van der Waals surface area contributed by atoms with E-state index in [1.807, 2.05) is 48.5 Å². The number of oxazole rings is 1. The van der Waals surface area contributed by atoms with E-state index in [0.717, 1.165) is 16.7 Å². The minimum absolute atomic E-state index is 0.0519. The van der Waals surface area contributed by atoms with Crippen LogP contribution in [0.3, 0.4) is 0 Å². The summed E-state index contributed by atoms with van der Waals surface area (Å²) in [7, 11) is 0. The van der Waals surface area contributed by atoms with Crippen LogP contribution in [-0.2, 0) is 0 Å². The Balaban J connectivity index is 2.03. The Hall–Kier alpha value is -2.88. The quantitative estimate of drug-likeness (QED) is 0.740. The van der Waals surface area contributed by atoms with E-state index in [-0.39, 0.29) is 11.8 Å². The van der Waals surface area contributed by atoms with E-state index in [1.54, 1.807) is 13.1 Å². The number of ketones is 1. The van der Waals surface area contributed by atoms with Gasteiger partial charge in [0.15, 0.2) is 11.5 Å². The average molecular weight is 278 g/mol. The number of aromatic nitrogens is 1. The molecule has 104 valence electrons. The number of Topliss-reactive ketones (excluding diaryl/α,β-unsaturated/α-hetero) is 1. The highest BCUT2D eigenvalue weighted by Gasteiger charge is 2.07. The molecular weight excluding hydrogens is 264 g/mol. The van der Waals surface area contributed by atoms with Crippen molar-refractivity contribution in [2.45, 2.75) is 6.92 Å². The van der Waals surface area contributed by atoms with Crippen molar-refractivity contribution in [3.63, 3.8) is 0 Å². The second kappa shape index (κ2) is 5.25. The molecule has 2 aromatic carbocycles.